The molecule has 1 amide bonds. The van der Waals surface area contributed by atoms with Crippen LogP contribution in [0.15, 0.2) is 60.8 Å². The van der Waals surface area contributed by atoms with Crippen LogP contribution >= 0.6 is 0 Å². The van der Waals surface area contributed by atoms with Crippen molar-refractivity contribution in [3.8, 4) is 17.0 Å². The Hall–Kier alpha value is -3.01. The van der Waals surface area contributed by atoms with Crippen LogP contribution in [-0.2, 0) is 4.79 Å². The SMILES string of the molecule is Cc1ccc(C)c(OCC(=O)Nc2ccc(-c3ccc[nH]3)cc2)c1. The number of carbonyl (C=O) groups is 1. The highest BCUT2D eigenvalue weighted by Crippen LogP contribution is 2.20. The maximum Gasteiger partial charge on any atom is 0.262 e. The van der Waals surface area contributed by atoms with Crippen LogP contribution in [0, 0.1) is 13.8 Å². The molecule has 0 bridgehead atoms. The zero-order chi connectivity index (χ0) is 16.9. The van der Waals surface area contributed by atoms with Crippen LogP contribution in [0.5, 0.6) is 5.75 Å². The number of hydrogen-bond donors (Lipinski definition) is 2. The first kappa shape index (κ1) is 15.9. The number of aryl methyl sites for hydroxylation is 2. The molecule has 2 N–H and O–H groups in total. The Morgan fingerprint density at radius 1 is 1.08 bits per heavy atom. The molecule has 0 saturated heterocycles. The van der Waals surface area contributed by atoms with E-state index in [0.29, 0.717) is 0 Å². The second-order valence-corrected chi connectivity index (χ2v) is 5.77. The van der Waals surface area contributed by atoms with Gasteiger partial charge in [-0.15, -0.1) is 0 Å². The first-order chi connectivity index (χ1) is 11.6. The van der Waals surface area contributed by atoms with Crippen molar-refractivity contribution >= 4 is 11.6 Å². The molecule has 2 aromatic carbocycles. The van der Waals surface area contributed by atoms with E-state index in [1.54, 1.807) is 0 Å². The summed E-state index contributed by atoms with van der Waals surface area (Å²) in [4.78, 5) is 15.2. The minimum atomic E-state index is -0.177. The second-order valence-electron chi connectivity index (χ2n) is 5.77. The summed E-state index contributed by atoms with van der Waals surface area (Å²) in [7, 11) is 0. The molecular weight excluding hydrogens is 300 g/mol. The molecule has 24 heavy (non-hydrogen) atoms. The van der Waals surface area contributed by atoms with E-state index in [2.05, 4.69) is 10.3 Å². The summed E-state index contributed by atoms with van der Waals surface area (Å²) in [5, 5.41) is 2.84. The highest BCUT2D eigenvalue weighted by atomic mass is 16.5. The maximum atomic E-state index is 12.1. The Bertz CT molecular complexity index is 821. The number of carbonyl (C=O) groups excluding carboxylic acids is 1. The zero-order valence-corrected chi connectivity index (χ0v) is 13.8. The van der Waals surface area contributed by atoms with Gasteiger partial charge in [-0.05, 0) is 60.9 Å². The third kappa shape index (κ3) is 3.84. The Labute approximate surface area is 141 Å². The normalized spacial score (nSPS) is 10.4. The summed E-state index contributed by atoms with van der Waals surface area (Å²) >= 11 is 0. The van der Waals surface area contributed by atoms with Crippen molar-refractivity contribution in [3.63, 3.8) is 0 Å². The minimum absolute atomic E-state index is 0.0112. The van der Waals surface area contributed by atoms with Gasteiger partial charge in [0.15, 0.2) is 6.61 Å². The van der Waals surface area contributed by atoms with E-state index >= 15 is 0 Å². The summed E-state index contributed by atoms with van der Waals surface area (Å²) in [5.74, 6) is 0.566. The quantitative estimate of drug-likeness (QED) is 0.736. The number of hydrogen-bond acceptors (Lipinski definition) is 2. The van der Waals surface area contributed by atoms with Crippen molar-refractivity contribution in [1.29, 1.82) is 0 Å². The Kier molecular flexibility index (Phi) is 4.66. The van der Waals surface area contributed by atoms with E-state index < -0.39 is 0 Å². The lowest BCUT2D eigenvalue weighted by Crippen LogP contribution is -2.20. The van der Waals surface area contributed by atoms with E-state index in [9.17, 15) is 4.79 Å². The van der Waals surface area contributed by atoms with Crippen molar-refractivity contribution in [1.82, 2.24) is 4.98 Å². The molecule has 3 aromatic rings. The molecular formula is C20H20N2O2. The molecule has 4 nitrogen and oxygen atoms in total. The molecule has 1 aromatic heterocycles. The average Bonchev–Trinajstić information content (AvgIpc) is 3.11. The number of nitrogens with one attached hydrogen (secondary N) is 2. The van der Waals surface area contributed by atoms with Gasteiger partial charge in [0.2, 0.25) is 0 Å². The molecule has 0 aliphatic carbocycles. The molecule has 0 radical (unpaired) electrons. The van der Waals surface area contributed by atoms with Crippen LogP contribution in [0.2, 0.25) is 0 Å². The molecule has 0 saturated carbocycles. The van der Waals surface area contributed by atoms with Gasteiger partial charge in [-0.1, -0.05) is 24.3 Å². The fourth-order valence-electron chi connectivity index (χ4n) is 2.45. The number of aromatic amines is 1. The number of anilines is 1. The average molecular weight is 320 g/mol. The number of amides is 1. The van der Waals surface area contributed by atoms with Crippen molar-refractivity contribution in [2.75, 3.05) is 11.9 Å². The topological polar surface area (TPSA) is 54.1 Å². The minimum Gasteiger partial charge on any atom is -0.483 e. The molecule has 0 aliphatic rings. The van der Waals surface area contributed by atoms with Crippen LogP contribution in [0.1, 0.15) is 11.1 Å². The van der Waals surface area contributed by atoms with Gasteiger partial charge in [-0.2, -0.15) is 0 Å². The largest absolute Gasteiger partial charge is 0.483 e. The molecule has 0 spiro atoms. The second kappa shape index (κ2) is 7.04. The molecule has 0 unspecified atom stereocenters. The van der Waals surface area contributed by atoms with Crippen molar-refractivity contribution < 1.29 is 9.53 Å². The number of ether oxygens (including phenoxy) is 1. The summed E-state index contributed by atoms with van der Waals surface area (Å²) < 4.78 is 5.62. The Balaban J connectivity index is 1.58. The van der Waals surface area contributed by atoms with Crippen molar-refractivity contribution in [3.05, 3.63) is 71.9 Å². The van der Waals surface area contributed by atoms with Gasteiger partial charge in [0.05, 0.1) is 0 Å². The summed E-state index contributed by atoms with van der Waals surface area (Å²) in [6.07, 6.45) is 1.88. The van der Waals surface area contributed by atoms with E-state index in [4.69, 9.17) is 4.74 Å². The summed E-state index contributed by atoms with van der Waals surface area (Å²) in [6, 6.07) is 17.6. The number of H-pyrrole nitrogens is 1. The van der Waals surface area contributed by atoms with Gasteiger partial charge in [0, 0.05) is 17.6 Å². The molecule has 3 rings (SSSR count). The lowest BCUT2D eigenvalue weighted by atomic mass is 10.1. The molecule has 0 fully saturated rings. The van der Waals surface area contributed by atoms with Gasteiger partial charge < -0.3 is 15.0 Å². The van der Waals surface area contributed by atoms with Crippen molar-refractivity contribution in [2.24, 2.45) is 0 Å². The van der Waals surface area contributed by atoms with Gasteiger partial charge in [-0.3, -0.25) is 4.79 Å². The van der Waals surface area contributed by atoms with Crippen molar-refractivity contribution in [2.45, 2.75) is 13.8 Å². The molecule has 122 valence electrons. The fourth-order valence-corrected chi connectivity index (χ4v) is 2.45. The monoisotopic (exact) mass is 320 g/mol. The van der Waals surface area contributed by atoms with Crippen LogP contribution in [0.25, 0.3) is 11.3 Å². The van der Waals surface area contributed by atoms with E-state index in [-0.39, 0.29) is 12.5 Å². The maximum absolute atomic E-state index is 12.1. The Morgan fingerprint density at radius 3 is 2.58 bits per heavy atom. The van der Waals surface area contributed by atoms with Crippen LogP contribution in [0.4, 0.5) is 5.69 Å². The van der Waals surface area contributed by atoms with E-state index in [0.717, 1.165) is 33.8 Å². The fraction of sp³-hybridized carbons (Fsp3) is 0.150. The van der Waals surface area contributed by atoms with Gasteiger partial charge in [-0.25, -0.2) is 0 Å². The summed E-state index contributed by atoms with van der Waals surface area (Å²) in [5.41, 5.74) is 5.00. The van der Waals surface area contributed by atoms with Gasteiger partial charge in [0.1, 0.15) is 5.75 Å². The summed E-state index contributed by atoms with van der Waals surface area (Å²) in [6.45, 7) is 3.95. The highest BCUT2D eigenvalue weighted by molar-refractivity contribution is 5.92. The molecule has 1 heterocycles. The molecule has 0 aliphatic heterocycles. The highest BCUT2D eigenvalue weighted by Gasteiger charge is 2.06. The first-order valence-electron chi connectivity index (χ1n) is 7.85. The Morgan fingerprint density at radius 2 is 1.88 bits per heavy atom. The standard InChI is InChI=1S/C20H20N2O2/c1-14-5-6-15(2)19(12-14)24-13-20(23)22-17-9-7-16(8-10-17)18-4-3-11-21-18/h3-12,21H,13H2,1-2H3,(H,22,23). The smallest absolute Gasteiger partial charge is 0.262 e. The predicted molar refractivity (Wildman–Crippen MR) is 96.3 cm³/mol. The zero-order valence-electron chi connectivity index (χ0n) is 13.8. The van der Waals surface area contributed by atoms with Gasteiger partial charge >= 0.3 is 0 Å². The lowest BCUT2D eigenvalue weighted by molar-refractivity contribution is -0.118. The van der Waals surface area contributed by atoms with Gasteiger partial charge in [0.25, 0.3) is 5.91 Å². The third-order valence-electron chi connectivity index (χ3n) is 3.78. The number of rotatable bonds is 5. The number of aromatic nitrogens is 1. The lowest BCUT2D eigenvalue weighted by Gasteiger charge is -2.10. The van der Waals surface area contributed by atoms with Crippen LogP contribution in [-0.4, -0.2) is 17.5 Å². The third-order valence-corrected chi connectivity index (χ3v) is 3.78. The first-order valence-corrected chi connectivity index (χ1v) is 7.85. The molecule has 0 atom stereocenters. The van der Waals surface area contributed by atoms with Crippen LogP contribution in [0.3, 0.4) is 0 Å². The van der Waals surface area contributed by atoms with Crippen LogP contribution < -0.4 is 10.1 Å². The molecule has 4 heteroatoms. The van der Waals surface area contributed by atoms with E-state index in [1.807, 2.05) is 74.6 Å². The predicted octanol–water partition coefficient (Wildman–Crippen LogP) is 4.32. The number of benzene rings is 2. The van der Waals surface area contributed by atoms with E-state index in [1.165, 1.54) is 0 Å².